The zero-order chi connectivity index (χ0) is 17.0. The number of halogens is 2. The highest BCUT2D eigenvalue weighted by Crippen LogP contribution is 2.61. The second-order valence-electron chi connectivity index (χ2n) is 7.85. The standard InChI is InChI=1S/C17H25BF2O3/c1-15(2)16(3,4)23-18(22-15)11-7-6-8-12(21-5)13(11)17(9-10-17)14(19)20/h6-8,12-14H,9-10H2,1-5H3. The van der Waals surface area contributed by atoms with Gasteiger partial charge >= 0.3 is 7.12 Å². The third-order valence-electron chi connectivity index (χ3n) is 5.96. The zero-order valence-corrected chi connectivity index (χ0v) is 14.4. The van der Waals surface area contributed by atoms with Gasteiger partial charge in [0.1, 0.15) is 0 Å². The molecule has 0 radical (unpaired) electrons. The van der Waals surface area contributed by atoms with Crippen molar-refractivity contribution >= 4 is 7.12 Å². The van der Waals surface area contributed by atoms with Crippen molar-refractivity contribution in [3.8, 4) is 0 Å². The summed E-state index contributed by atoms with van der Waals surface area (Å²) in [4.78, 5) is 0. The minimum Gasteiger partial charge on any atom is -0.400 e. The molecule has 3 rings (SSSR count). The Bertz CT molecular complexity index is 522. The van der Waals surface area contributed by atoms with Gasteiger partial charge in [-0.15, -0.1) is 0 Å². The van der Waals surface area contributed by atoms with Crippen LogP contribution in [0, 0.1) is 11.3 Å². The molecule has 0 N–H and O–H groups in total. The second-order valence-corrected chi connectivity index (χ2v) is 7.85. The lowest BCUT2D eigenvalue weighted by molar-refractivity contribution is -0.0124. The molecule has 0 bridgehead atoms. The largest absolute Gasteiger partial charge is 0.490 e. The fourth-order valence-electron chi connectivity index (χ4n) is 3.57. The Balaban J connectivity index is 1.94. The van der Waals surface area contributed by atoms with Gasteiger partial charge in [-0.1, -0.05) is 18.2 Å². The summed E-state index contributed by atoms with van der Waals surface area (Å²) in [5, 5.41) is 0. The summed E-state index contributed by atoms with van der Waals surface area (Å²) in [5.41, 5.74) is -1.22. The van der Waals surface area contributed by atoms with E-state index < -0.39 is 36.1 Å². The van der Waals surface area contributed by atoms with Crippen LogP contribution in [0.25, 0.3) is 0 Å². The molecule has 128 valence electrons. The maximum Gasteiger partial charge on any atom is 0.490 e. The lowest BCUT2D eigenvalue weighted by Crippen LogP contribution is -2.42. The highest BCUT2D eigenvalue weighted by atomic mass is 19.3. The normalized spacial score (nSPS) is 33.9. The monoisotopic (exact) mass is 326 g/mol. The van der Waals surface area contributed by atoms with Crippen LogP contribution < -0.4 is 0 Å². The Hall–Kier alpha value is -0.715. The van der Waals surface area contributed by atoms with Crippen LogP contribution in [0.15, 0.2) is 23.7 Å². The molecule has 0 aromatic heterocycles. The van der Waals surface area contributed by atoms with Crippen LogP contribution in [0.1, 0.15) is 40.5 Å². The van der Waals surface area contributed by atoms with Crippen molar-refractivity contribution in [2.45, 2.75) is 64.3 Å². The number of rotatable bonds is 4. The van der Waals surface area contributed by atoms with Crippen molar-refractivity contribution in [3.63, 3.8) is 0 Å². The Kier molecular flexibility index (Phi) is 4.02. The molecule has 0 spiro atoms. The van der Waals surface area contributed by atoms with E-state index in [9.17, 15) is 8.78 Å². The van der Waals surface area contributed by atoms with E-state index in [4.69, 9.17) is 14.0 Å². The lowest BCUT2D eigenvalue weighted by atomic mass is 9.62. The maximum atomic E-state index is 13.7. The second kappa shape index (κ2) is 5.40. The Morgan fingerprint density at radius 1 is 1.17 bits per heavy atom. The molecule has 23 heavy (non-hydrogen) atoms. The molecule has 1 aliphatic heterocycles. The molecule has 6 heteroatoms. The van der Waals surface area contributed by atoms with Crippen LogP contribution >= 0.6 is 0 Å². The molecule has 3 nitrogen and oxygen atoms in total. The van der Waals surface area contributed by atoms with Gasteiger partial charge in [-0.2, -0.15) is 0 Å². The molecule has 0 amide bonds. The Labute approximate surface area is 137 Å². The third-order valence-corrected chi connectivity index (χ3v) is 5.96. The van der Waals surface area contributed by atoms with Crippen molar-refractivity contribution in [1.29, 1.82) is 0 Å². The molecule has 2 aliphatic carbocycles. The van der Waals surface area contributed by atoms with Gasteiger partial charge < -0.3 is 14.0 Å². The zero-order valence-electron chi connectivity index (χ0n) is 14.4. The summed E-state index contributed by atoms with van der Waals surface area (Å²) >= 11 is 0. The first kappa shape index (κ1) is 17.1. The van der Waals surface area contributed by atoms with Gasteiger partial charge in [0.05, 0.1) is 17.3 Å². The first-order chi connectivity index (χ1) is 10.6. The van der Waals surface area contributed by atoms with E-state index in [1.54, 1.807) is 7.11 Å². The van der Waals surface area contributed by atoms with Crippen LogP contribution in [0.5, 0.6) is 0 Å². The van der Waals surface area contributed by atoms with Gasteiger partial charge in [0.15, 0.2) is 0 Å². The van der Waals surface area contributed by atoms with Gasteiger partial charge in [0, 0.05) is 18.4 Å². The maximum absolute atomic E-state index is 13.7. The van der Waals surface area contributed by atoms with E-state index in [0.717, 1.165) is 5.47 Å². The summed E-state index contributed by atoms with van der Waals surface area (Å²) in [6.45, 7) is 7.87. The molecule has 1 saturated heterocycles. The van der Waals surface area contributed by atoms with Gasteiger partial charge in [-0.25, -0.2) is 8.78 Å². The number of alkyl halides is 2. The Morgan fingerprint density at radius 2 is 1.74 bits per heavy atom. The first-order valence-corrected chi connectivity index (χ1v) is 8.19. The number of hydrogen-bond acceptors (Lipinski definition) is 3. The van der Waals surface area contributed by atoms with E-state index in [1.165, 1.54) is 0 Å². The molecule has 0 aromatic carbocycles. The van der Waals surface area contributed by atoms with E-state index in [1.807, 2.05) is 45.9 Å². The van der Waals surface area contributed by atoms with Gasteiger partial charge in [0.25, 0.3) is 0 Å². The highest BCUT2D eigenvalue weighted by molar-refractivity contribution is 6.55. The molecule has 3 aliphatic rings. The van der Waals surface area contributed by atoms with Crippen molar-refractivity contribution in [1.82, 2.24) is 0 Å². The topological polar surface area (TPSA) is 27.7 Å². The van der Waals surface area contributed by atoms with E-state index in [-0.39, 0.29) is 6.10 Å². The average molecular weight is 326 g/mol. The van der Waals surface area contributed by atoms with Crippen molar-refractivity contribution in [2.75, 3.05) is 7.11 Å². The quantitative estimate of drug-likeness (QED) is 0.736. The predicted octanol–water partition coefficient (Wildman–Crippen LogP) is 3.79. The molecule has 1 saturated carbocycles. The van der Waals surface area contributed by atoms with Crippen LogP contribution in [-0.4, -0.2) is 38.0 Å². The van der Waals surface area contributed by atoms with Crippen LogP contribution in [0.3, 0.4) is 0 Å². The fourth-order valence-corrected chi connectivity index (χ4v) is 3.57. The minimum absolute atomic E-state index is 0.370. The number of allylic oxidation sites excluding steroid dienone is 2. The summed E-state index contributed by atoms with van der Waals surface area (Å²) in [6, 6.07) is 0. The van der Waals surface area contributed by atoms with E-state index in [0.29, 0.717) is 12.8 Å². The highest BCUT2D eigenvalue weighted by Gasteiger charge is 2.63. The summed E-state index contributed by atoms with van der Waals surface area (Å²) in [7, 11) is 0.959. The van der Waals surface area contributed by atoms with Crippen molar-refractivity contribution in [2.24, 2.45) is 11.3 Å². The summed E-state index contributed by atoms with van der Waals surface area (Å²) < 4.78 is 45.2. The number of methoxy groups -OCH3 is 1. The van der Waals surface area contributed by atoms with Gasteiger partial charge in [-0.05, 0) is 46.0 Å². The average Bonchev–Trinajstić information content (AvgIpc) is 3.22. The molecule has 1 heterocycles. The Morgan fingerprint density at radius 3 is 2.17 bits per heavy atom. The summed E-state index contributed by atoms with van der Waals surface area (Å²) in [6.07, 6.45) is 3.85. The van der Waals surface area contributed by atoms with Crippen molar-refractivity contribution in [3.05, 3.63) is 23.7 Å². The smallest absolute Gasteiger partial charge is 0.400 e. The van der Waals surface area contributed by atoms with E-state index >= 15 is 0 Å². The molecular formula is C17H25BF2O3. The fraction of sp³-hybridized carbons (Fsp3) is 0.765. The molecule has 2 atom stereocenters. The predicted molar refractivity (Wildman–Crippen MR) is 85.3 cm³/mol. The molecule has 2 fully saturated rings. The van der Waals surface area contributed by atoms with Gasteiger partial charge in [0.2, 0.25) is 6.43 Å². The van der Waals surface area contributed by atoms with Crippen molar-refractivity contribution < 1.29 is 22.8 Å². The molecular weight excluding hydrogens is 301 g/mol. The number of hydrogen-bond donors (Lipinski definition) is 0. The van der Waals surface area contributed by atoms with E-state index in [2.05, 4.69) is 0 Å². The number of ether oxygens (including phenoxy) is 1. The third kappa shape index (κ3) is 2.59. The molecule has 0 aromatic rings. The SMILES string of the molecule is COC1C=CC=C(B2OC(C)(C)C(C)(C)O2)C1C1(C(F)F)CC1. The van der Waals surface area contributed by atoms with Crippen LogP contribution in [0.4, 0.5) is 8.78 Å². The first-order valence-electron chi connectivity index (χ1n) is 8.19. The lowest BCUT2D eigenvalue weighted by Gasteiger charge is -2.36. The minimum atomic E-state index is -2.37. The van der Waals surface area contributed by atoms with Gasteiger partial charge in [-0.3, -0.25) is 0 Å². The summed E-state index contributed by atoms with van der Waals surface area (Å²) in [5.74, 6) is -0.410. The van der Waals surface area contributed by atoms with Crippen LogP contribution in [-0.2, 0) is 14.0 Å². The van der Waals surface area contributed by atoms with Crippen LogP contribution in [0.2, 0.25) is 0 Å². The molecule has 2 unspecified atom stereocenters.